The van der Waals surface area contributed by atoms with Crippen molar-refractivity contribution in [2.75, 3.05) is 27.3 Å². The monoisotopic (exact) mass is 246 g/mol. The van der Waals surface area contributed by atoms with E-state index in [2.05, 4.69) is 9.97 Å². The summed E-state index contributed by atoms with van der Waals surface area (Å²) in [5.74, 6) is -1.39. The zero-order chi connectivity index (χ0) is 14.8. The van der Waals surface area contributed by atoms with Crippen molar-refractivity contribution in [3.63, 3.8) is 0 Å². The molecular weight excluding hydrogens is 226 g/mol. The van der Waals surface area contributed by atoms with Gasteiger partial charge < -0.3 is 19.4 Å². The summed E-state index contributed by atoms with van der Waals surface area (Å²) in [6, 6.07) is -1.18. The van der Waals surface area contributed by atoms with Crippen LogP contribution in [0.1, 0.15) is 9.81 Å². The first-order valence-electron chi connectivity index (χ1n) is 6.22. The third-order valence-corrected chi connectivity index (χ3v) is 2.86. The van der Waals surface area contributed by atoms with Crippen molar-refractivity contribution >= 4 is 17.7 Å². The number of carboxylic acid groups (broad SMARTS) is 1. The molecule has 6 heteroatoms. The lowest BCUT2D eigenvalue weighted by Crippen LogP contribution is -2.55. The van der Waals surface area contributed by atoms with E-state index in [9.17, 15) is 9.90 Å². The molecule has 1 atom stereocenters. The number of thioether (sulfide) groups is 1. The van der Waals surface area contributed by atoms with Gasteiger partial charge in [-0.2, -0.15) is 0 Å². The number of rotatable bonds is 5. The Labute approximate surface area is 104 Å². The molecule has 0 aliphatic rings. The number of nitrogens with zero attached hydrogens (tertiary/aromatic N) is 2. The van der Waals surface area contributed by atoms with E-state index in [1.807, 2.05) is 6.26 Å². The van der Waals surface area contributed by atoms with Crippen LogP contribution < -0.4 is 5.11 Å². The van der Waals surface area contributed by atoms with E-state index in [0.717, 1.165) is 0 Å². The lowest BCUT2D eigenvalue weighted by atomic mass is 10.1. The highest BCUT2D eigenvalue weighted by Crippen LogP contribution is 2.13. The van der Waals surface area contributed by atoms with Gasteiger partial charge in [0, 0.05) is 18.3 Å². The van der Waals surface area contributed by atoms with Crippen LogP contribution in [0.15, 0.2) is 11.4 Å². The normalized spacial score (nSPS) is 17.3. The number of quaternary nitrogens is 1. The molecule has 90 valence electrons. The van der Waals surface area contributed by atoms with Crippen LogP contribution in [0.25, 0.3) is 0 Å². The minimum absolute atomic E-state index is 0.0291. The molecule has 0 bridgehead atoms. The molecule has 5 nitrogen and oxygen atoms in total. The third kappa shape index (κ3) is 3.24. The molecule has 0 aliphatic carbocycles. The van der Waals surface area contributed by atoms with Crippen molar-refractivity contribution in [3.8, 4) is 0 Å². The quantitative estimate of drug-likeness (QED) is 0.562. The van der Waals surface area contributed by atoms with Crippen LogP contribution in [0.2, 0.25) is 0 Å². The number of carboxylic acids is 1. The number of carbonyl (C=O) groups excluding carboxylic acids is 1. The topological polar surface area (TPSA) is 68.8 Å². The SMILES string of the molecule is [2H]C([2H])([2H])[N+](C)(C)[C@@H](Cc1cnc(SC)[nH]1)C(=O)[O-]. The van der Waals surface area contributed by atoms with E-state index >= 15 is 0 Å². The Bertz CT molecular complexity index is 459. The summed E-state index contributed by atoms with van der Waals surface area (Å²) in [7, 11) is 2.72. The number of hydrogen-bond acceptors (Lipinski definition) is 4. The molecule has 0 spiro atoms. The maximum Gasteiger partial charge on any atom is 0.165 e. The van der Waals surface area contributed by atoms with E-state index in [1.54, 1.807) is 0 Å². The summed E-state index contributed by atoms with van der Waals surface area (Å²) in [5, 5.41) is 11.9. The summed E-state index contributed by atoms with van der Waals surface area (Å²) >= 11 is 1.39. The Morgan fingerprint density at radius 3 is 2.94 bits per heavy atom. The van der Waals surface area contributed by atoms with Gasteiger partial charge in [-0.15, -0.1) is 0 Å². The molecule has 0 unspecified atom stereocenters. The van der Waals surface area contributed by atoms with Gasteiger partial charge in [0.2, 0.25) is 0 Å². The second-order valence-corrected chi connectivity index (χ2v) is 4.79. The van der Waals surface area contributed by atoms with Crippen LogP contribution in [0.5, 0.6) is 0 Å². The molecule has 16 heavy (non-hydrogen) atoms. The maximum absolute atomic E-state index is 11.3. The summed E-state index contributed by atoms with van der Waals surface area (Å²) < 4.78 is 21.7. The van der Waals surface area contributed by atoms with Crippen LogP contribution in [-0.4, -0.2) is 53.8 Å². The average molecular weight is 246 g/mol. The molecule has 1 rings (SSSR count). The molecule has 1 aromatic rings. The Morgan fingerprint density at radius 1 is 1.81 bits per heavy atom. The smallest absolute Gasteiger partial charge is 0.165 e. The van der Waals surface area contributed by atoms with Gasteiger partial charge in [0.1, 0.15) is 6.04 Å². The Morgan fingerprint density at radius 2 is 2.50 bits per heavy atom. The van der Waals surface area contributed by atoms with Crippen LogP contribution in [0.4, 0.5) is 0 Å². The number of aromatic nitrogens is 2. The maximum atomic E-state index is 11.3. The standard InChI is InChI=1S/C10H17N3O2S/c1-13(2,3)8(9(14)15)5-7-6-11-10(12-7)16-4/h6,8H,5H2,1-4H3,(H-,11,12,14,15)/t8-/m0/s1/i1D3. The van der Waals surface area contributed by atoms with Crippen molar-refractivity contribution in [2.24, 2.45) is 0 Å². The second-order valence-electron chi connectivity index (χ2n) is 4.00. The molecule has 1 aromatic heterocycles. The average Bonchev–Trinajstić information content (AvgIpc) is 2.71. The van der Waals surface area contributed by atoms with Crippen LogP contribution in [-0.2, 0) is 11.2 Å². The fourth-order valence-electron chi connectivity index (χ4n) is 1.33. The van der Waals surface area contributed by atoms with E-state index < -0.39 is 23.5 Å². The number of imidazole rings is 1. The first-order valence-corrected chi connectivity index (χ1v) is 5.94. The minimum atomic E-state index is -2.44. The number of likely N-dealkylation sites (N-methyl/N-ethyl adjacent to an activating group) is 1. The summed E-state index contributed by atoms with van der Waals surface area (Å²) in [6.07, 6.45) is 3.38. The molecule has 1 heterocycles. The summed E-state index contributed by atoms with van der Waals surface area (Å²) in [5.41, 5.74) is 0.578. The highest BCUT2D eigenvalue weighted by atomic mass is 32.2. The largest absolute Gasteiger partial charge is 0.544 e. The Kier molecular flexibility index (Phi) is 2.77. The van der Waals surface area contributed by atoms with Gasteiger partial charge in [-0.25, -0.2) is 4.98 Å². The van der Waals surface area contributed by atoms with Crippen LogP contribution in [0.3, 0.4) is 0 Å². The Hall–Kier alpha value is -1.01. The molecule has 0 saturated carbocycles. The molecule has 0 fully saturated rings. The van der Waals surface area contributed by atoms with Gasteiger partial charge in [-0.3, -0.25) is 0 Å². The summed E-state index contributed by atoms with van der Waals surface area (Å²) in [6.45, 7) is -2.44. The van der Waals surface area contributed by atoms with E-state index in [4.69, 9.17) is 4.11 Å². The number of H-pyrrole nitrogens is 1. The lowest BCUT2D eigenvalue weighted by molar-refractivity contribution is -0.889. The van der Waals surface area contributed by atoms with Gasteiger partial charge in [-0.1, -0.05) is 11.8 Å². The third-order valence-electron chi connectivity index (χ3n) is 2.26. The number of hydrogen-bond donors (Lipinski definition) is 1. The fraction of sp³-hybridized carbons (Fsp3) is 0.600. The summed E-state index contributed by atoms with van der Waals surface area (Å²) in [4.78, 5) is 18.2. The number of carbonyl (C=O) groups is 1. The van der Waals surface area contributed by atoms with Crippen molar-refractivity contribution in [1.29, 1.82) is 0 Å². The molecular formula is C10H17N3O2S. The Balaban J connectivity index is 2.99. The van der Waals surface area contributed by atoms with E-state index in [-0.39, 0.29) is 6.42 Å². The molecule has 0 aromatic carbocycles. The van der Waals surface area contributed by atoms with Gasteiger partial charge >= 0.3 is 0 Å². The first-order chi connectivity index (χ1) is 8.59. The molecule has 1 N–H and O–H groups in total. The number of aromatic amines is 1. The van der Waals surface area contributed by atoms with Gasteiger partial charge in [-0.05, 0) is 6.26 Å². The van der Waals surface area contributed by atoms with Gasteiger partial charge in [0.15, 0.2) is 5.16 Å². The number of aliphatic carboxylic acids is 1. The second kappa shape index (κ2) is 4.88. The molecule has 0 radical (unpaired) electrons. The van der Waals surface area contributed by atoms with Crippen molar-refractivity contribution in [2.45, 2.75) is 17.6 Å². The molecule has 0 aliphatic heterocycles. The predicted octanol–water partition coefficient (Wildman–Crippen LogP) is -0.501. The van der Waals surface area contributed by atoms with Crippen molar-refractivity contribution in [1.82, 2.24) is 9.97 Å². The van der Waals surface area contributed by atoms with Gasteiger partial charge in [0.25, 0.3) is 0 Å². The lowest BCUT2D eigenvalue weighted by Gasteiger charge is -2.34. The first kappa shape index (κ1) is 9.07. The highest BCUT2D eigenvalue weighted by molar-refractivity contribution is 7.98. The minimum Gasteiger partial charge on any atom is -0.544 e. The van der Waals surface area contributed by atoms with Crippen molar-refractivity contribution < 1.29 is 18.5 Å². The zero-order valence-electron chi connectivity index (χ0n) is 12.5. The molecule has 0 saturated heterocycles. The van der Waals surface area contributed by atoms with Crippen molar-refractivity contribution in [3.05, 3.63) is 11.9 Å². The highest BCUT2D eigenvalue weighted by Gasteiger charge is 2.26. The molecule has 0 amide bonds. The zero-order valence-corrected chi connectivity index (χ0v) is 10.3. The fourth-order valence-corrected chi connectivity index (χ4v) is 1.72. The number of nitrogens with one attached hydrogen (secondary N) is 1. The predicted molar refractivity (Wildman–Crippen MR) is 60.9 cm³/mol. The van der Waals surface area contributed by atoms with Crippen LogP contribution in [0, 0.1) is 0 Å². The van der Waals surface area contributed by atoms with E-state index in [1.165, 1.54) is 32.1 Å². The van der Waals surface area contributed by atoms with E-state index in [0.29, 0.717) is 10.9 Å². The van der Waals surface area contributed by atoms with Crippen LogP contribution >= 0.6 is 11.8 Å². The van der Waals surface area contributed by atoms with Gasteiger partial charge in [0.05, 0.1) is 31.2 Å².